The Balaban J connectivity index is 1.95. The van der Waals surface area contributed by atoms with E-state index >= 15 is 0 Å². The van der Waals surface area contributed by atoms with Gasteiger partial charge in [0.15, 0.2) is 6.61 Å². The monoisotopic (exact) mass is 317 g/mol. The third-order valence-corrected chi connectivity index (χ3v) is 3.31. The number of rotatable bonds is 7. The maximum absolute atomic E-state index is 12.1. The van der Waals surface area contributed by atoms with Crippen molar-refractivity contribution in [1.82, 2.24) is 15.1 Å². The van der Waals surface area contributed by atoms with E-state index in [4.69, 9.17) is 9.84 Å². The van der Waals surface area contributed by atoms with Crippen LogP contribution in [0.2, 0.25) is 0 Å². The van der Waals surface area contributed by atoms with Gasteiger partial charge < -0.3 is 15.2 Å². The van der Waals surface area contributed by atoms with Crippen LogP contribution in [-0.2, 0) is 11.3 Å². The van der Waals surface area contributed by atoms with Crippen LogP contribution in [0.1, 0.15) is 35.8 Å². The van der Waals surface area contributed by atoms with Crippen LogP contribution >= 0.6 is 0 Å². The molecule has 0 bridgehead atoms. The number of nitrogens with one attached hydrogen (secondary N) is 1. The molecule has 1 heterocycles. The molecule has 2 aromatic rings. The topological polar surface area (TPSA) is 93.5 Å². The second kappa shape index (κ2) is 7.44. The molecule has 0 saturated heterocycles. The fourth-order valence-corrected chi connectivity index (χ4v) is 2.01. The third kappa shape index (κ3) is 4.57. The highest BCUT2D eigenvalue weighted by Crippen LogP contribution is 2.18. The molecule has 1 atom stereocenters. The van der Waals surface area contributed by atoms with E-state index in [1.807, 2.05) is 13.8 Å². The zero-order valence-electron chi connectivity index (χ0n) is 13.0. The minimum atomic E-state index is -1.03. The Morgan fingerprint density at radius 1 is 1.35 bits per heavy atom. The summed E-state index contributed by atoms with van der Waals surface area (Å²) < 4.78 is 6.76. The zero-order chi connectivity index (χ0) is 16.8. The summed E-state index contributed by atoms with van der Waals surface area (Å²) in [6.07, 6.45) is 3.24. The maximum atomic E-state index is 12.1. The number of aromatic nitrogens is 2. The molecular weight excluding hydrogens is 298 g/mol. The highest BCUT2D eigenvalue weighted by Gasteiger charge is 2.13. The van der Waals surface area contributed by atoms with Crippen molar-refractivity contribution in [2.75, 3.05) is 6.61 Å². The van der Waals surface area contributed by atoms with Gasteiger partial charge in [0, 0.05) is 12.7 Å². The molecule has 0 saturated carbocycles. The van der Waals surface area contributed by atoms with Gasteiger partial charge in [0.1, 0.15) is 5.75 Å². The number of aryl methyl sites for hydroxylation is 1. The summed E-state index contributed by atoms with van der Waals surface area (Å²) in [7, 11) is 0. The molecule has 7 heteroatoms. The highest BCUT2D eigenvalue weighted by atomic mass is 16.5. The molecule has 23 heavy (non-hydrogen) atoms. The van der Waals surface area contributed by atoms with Crippen molar-refractivity contribution < 1.29 is 19.4 Å². The first-order chi connectivity index (χ1) is 11.0. The number of aliphatic carboxylic acids is 1. The largest absolute Gasteiger partial charge is 0.482 e. The van der Waals surface area contributed by atoms with Gasteiger partial charge in [-0.05, 0) is 31.5 Å². The van der Waals surface area contributed by atoms with E-state index in [2.05, 4.69) is 10.4 Å². The van der Waals surface area contributed by atoms with Crippen molar-refractivity contribution in [2.45, 2.75) is 26.4 Å². The van der Waals surface area contributed by atoms with Crippen molar-refractivity contribution >= 4 is 11.9 Å². The molecule has 0 aliphatic rings. The SMILES string of the molecule is CCn1cc(C(=O)NC(C)c2ccc(OCC(=O)O)cc2)cn1. The Kier molecular flexibility index (Phi) is 5.35. The van der Waals surface area contributed by atoms with Gasteiger partial charge in [0.25, 0.3) is 5.91 Å². The molecule has 2 N–H and O–H groups in total. The number of benzene rings is 1. The number of carbonyl (C=O) groups is 2. The fourth-order valence-electron chi connectivity index (χ4n) is 2.01. The molecule has 0 spiro atoms. The first kappa shape index (κ1) is 16.5. The van der Waals surface area contributed by atoms with Gasteiger partial charge in [0.2, 0.25) is 0 Å². The summed E-state index contributed by atoms with van der Waals surface area (Å²) in [6, 6.07) is 6.74. The molecule has 122 valence electrons. The minimum Gasteiger partial charge on any atom is -0.482 e. The van der Waals surface area contributed by atoms with Gasteiger partial charge in [0.05, 0.1) is 17.8 Å². The molecule has 1 amide bonds. The van der Waals surface area contributed by atoms with Crippen LogP contribution in [0.4, 0.5) is 0 Å². The van der Waals surface area contributed by atoms with Crippen LogP contribution in [0.3, 0.4) is 0 Å². The maximum Gasteiger partial charge on any atom is 0.341 e. The van der Waals surface area contributed by atoms with Gasteiger partial charge in [-0.1, -0.05) is 12.1 Å². The lowest BCUT2D eigenvalue weighted by molar-refractivity contribution is -0.139. The molecule has 7 nitrogen and oxygen atoms in total. The van der Waals surface area contributed by atoms with E-state index in [1.54, 1.807) is 35.1 Å². The number of amides is 1. The summed E-state index contributed by atoms with van der Waals surface area (Å²) in [5.41, 5.74) is 1.41. The number of hydrogen-bond donors (Lipinski definition) is 2. The van der Waals surface area contributed by atoms with Gasteiger partial charge in [-0.15, -0.1) is 0 Å². The Labute approximate surface area is 133 Å². The number of ether oxygens (including phenoxy) is 1. The van der Waals surface area contributed by atoms with Crippen molar-refractivity contribution in [3.8, 4) is 5.75 Å². The Hall–Kier alpha value is -2.83. The van der Waals surface area contributed by atoms with E-state index < -0.39 is 5.97 Å². The second-order valence-electron chi connectivity index (χ2n) is 5.03. The quantitative estimate of drug-likeness (QED) is 0.813. The standard InChI is InChI=1S/C16H19N3O4/c1-3-19-9-13(8-17-19)16(22)18-11(2)12-4-6-14(7-5-12)23-10-15(20)21/h4-9,11H,3,10H2,1-2H3,(H,18,22)(H,20,21). The van der Waals surface area contributed by atoms with Crippen molar-refractivity contribution in [2.24, 2.45) is 0 Å². The minimum absolute atomic E-state index is 0.191. The molecule has 0 radical (unpaired) electrons. The van der Waals surface area contributed by atoms with Crippen LogP contribution in [-0.4, -0.2) is 33.4 Å². The predicted molar refractivity (Wildman–Crippen MR) is 83.4 cm³/mol. The first-order valence-electron chi connectivity index (χ1n) is 7.27. The average Bonchev–Trinajstić information content (AvgIpc) is 3.02. The second-order valence-corrected chi connectivity index (χ2v) is 5.03. The third-order valence-electron chi connectivity index (χ3n) is 3.31. The van der Waals surface area contributed by atoms with Gasteiger partial charge in [-0.25, -0.2) is 4.79 Å². The van der Waals surface area contributed by atoms with Crippen LogP contribution in [0.5, 0.6) is 5.75 Å². The molecule has 1 unspecified atom stereocenters. The molecule has 2 rings (SSSR count). The highest BCUT2D eigenvalue weighted by molar-refractivity contribution is 5.93. The van der Waals surface area contributed by atoms with Gasteiger partial charge in [-0.2, -0.15) is 5.10 Å². The Morgan fingerprint density at radius 2 is 2.04 bits per heavy atom. The van der Waals surface area contributed by atoms with Crippen LogP contribution in [0.15, 0.2) is 36.7 Å². The zero-order valence-corrected chi connectivity index (χ0v) is 13.0. The number of carbonyl (C=O) groups excluding carboxylic acids is 1. The lowest BCUT2D eigenvalue weighted by atomic mass is 10.1. The molecular formula is C16H19N3O4. The van der Waals surface area contributed by atoms with Crippen molar-refractivity contribution in [1.29, 1.82) is 0 Å². The van der Waals surface area contributed by atoms with Crippen molar-refractivity contribution in [3.05, 3.63) is 47.8 Å². The molecule has 0 aliphatic carbocycles. The number of hydrogen-bond acceptors (Lipinski definition) is 4. The normalized spacial score (nSPS) is 11.7. The predicted octanol–water partition coefficient (Wildman–Crippen LogP) is 1.86. The average molecular weight is 317 g/mol. The summed E-state index contributed by atoms with van der Waals surface area (Å²) in [6.45, 7) is 4.15. The summed E-state index contributed by atoms with van der Waals surface area (Å²) >= 11 is 0. The lowest BCUT2D eigenvalue weighted by Crippen LogP contribution is -2.26. The van der Waals surface area contributed by atoms with E-state index in [0.29, 0.717) is 17.9 Å². The summed E-state index contributed by atoms with van der Waals surface area (Å²) in [5.74, 6) is -0.746. The van der Waals surface area contributed by atoms with Gasteiger partial charge >= 0.3 is 5.97 Å². The van der Waals surface area contributed by atoms with Crippen LogP contribution in [0, 0.1) is 0 Å². The van der Waals surface area contributed by atoms with E-state index in [0.717, 1.165) is 5.56 Å². The lowest BCUT2D eigenvalue weighted by Gasteiger charge is -2.14. The number of carboxylic acid groups (broad SMARTS) is 1. The van der Waals surface area contributed by atoms with E-state index in [-0.39, 0.29) is 18.6 Å². The molecule has 1 aromatic carbocycles. The number of nitrogens with zero attached hydrogens (tertiary/aromatic N) is 2. The fraction of sp³-hybridized carbons (Fsp3) is 0.312. The summed E-state index contributed by atoms with van der Waals surface area (Å²) in [4.78, 5) is 22.6. The first-order valence-corrected chi connectivity index (χ1v) is 7.27. The van der Waals surface area contributed by atoms with E-state index in [1.165, 1.54) is 6.20 Å². The van der Waals surface area contributed by atoms with Crippen LogP contribution in [0.25, 0.3) is 0 Å². The van der Waals surface area contributed by atoms with Crippen molar-refractivity contribution in [3.63, 3.8) is 0 Å². The smallest absolute Gasteiger partial charge is 0.341 e. The van der Waals surface area contributed by atoms with Gasteiger partial charge in [-0.3, -0.25) is 9.48 Å². The molecule has 0 fully saturated rings. The Bertz CT molecular complexity index is 679. The van der Waals surface area contributed by atoms with Crippen LogP contribution < -0.4 is 10.1 Å². The summed E-state index contributed by atoms with van der Waals surface area (Å²) in [5, 5.41) is 15.5. The number of carboxylic acids is 1. The Morgan fingerprint density at radius 3 is 2.61 bits per heavy atom. The van der Waals surface area contributed by atoms with E-state index in [9.17, 15) is 9.59 Å². The molecule has 1 aromatic heterocycles. The molecule has 0 aliphatic heterocycles.